The Hall–Kier alpha value is -0.570. The number of hydrogen-bond acceptors (Lipinski definition) is 2. The summed E-state index contributed by atoms with van der Waals surface area (Å²) in [6.45, 7) is 8.83. The molecule has 2 aliphatic heterocycles. The summed E-state index contributed by atoms with van der Waals surface area (Å²) in [6.07, 6.45) is 6.25. The predicted molar refractivity (Wildman–Crippen MR) is 76.8 cm³/mol. The van der Waals surface area contributed by atoms with Crippen molar-refractivity contribution >= 4 is 5.91 Å². The Bertz CT molecular complexity index is 322. The average molecular weight is 264 g/mol. The van der Waals surface area contributed by atoms with E-state index in [4.69, 9.17) is 0 Å². The standard InChI is InChI=1S/C16H28N2O/c1-12(2)17-7-5-15(6-8-17)16(19)18-10-13-3-4-14(9-13)11-18/h12-15H,3-11H2,1-2H3. The zero-order valence-electron chi connectivity index (χ0n) is 12.5. The van der Waals surface area contributed by atoms with Crippen LogP contribution < -0.4 is 0 Å². The fourth-order valence-corrected chi connectivity index (χ4v) is 4.31. The minimum Gasteiger partial charge on any atom is -0.342 e. The topological polar surface area (TPSA) is 23.6 Å². The molecule has 2 bridgehead atoms. The highest BCUT2D eigenvalue weighted by molar-refractivity contribution is 5.79. The Morgan fingerprint density at radius 1 is 1.00 bits per heavy atom. The van der Waals surface area contributed by atoms with E-state index in [2.05, 4.69) is 23.6 Å². The molecule has 1 amide bonds. The summed E-state index contributed by atoms with van der Waals surface area (Å²) in [4.78, 5) is 17.4. The second-order valence-electron chi connectivity index (χ2n) is 7.19. The molecule has 1 saturated carbocycles. The lowest BCUT2D eigenvalue weighted by Gasteiger charge is -2.38. The van der Waals surface area contributed by atoms with Gasteiger partial charge < -0.3 is 9.80 Å². The first kappa shape index (κ1) is 13.4. The van der Waals surface area contributed by atoms with Gasteiger partial charge in [0, 0.05) is 25.0 Å². The third-order valence-corrected chi connectivity index (χ3v) is 5.53. The minimum absolute atomic E-state index is 0.312. The van der Waals surface area contributed by atoms with Crippen molar-refractivity contribution in [1.29, 1.82) is 0 Å². The van der Waals surface area contributed by atoms with E-state index in [0.717, 1.165) is 50.9 Å². The SMILES string of the molecule is CC(C)N1CCC(C(=O)N2CC3CCC(C3)C2)CC1. The highest BCUT2D eigenvalue weighted by Crippen LogP contribution is 2.37. The first-order valence-electron chi connectivity index (χ1n) is 8.16. The van der Waals surface area contributed by atoms with E-state index in [0.29, 0.717) is 17.9 Å². The van der Waals surface area contributed by atoms with Crippen molar-refractivity contribution in [2.75, 3.05) is 26.2 Å². The van der Waals surface area contributed by atoms with E-state index in [1.807, 2.05) is 0 Å². The van der Waals surface area contributed by atoms with Crippen LogP contribution in [0.25, 0.3) is 0 Å². The molecule has 1 aliphatic carbocycles. The summed E-state index contributed by atoms with van der Waals surface area (Å²) in [7, 11) is 0. The summed E-state index contributed by atoms with van der Waals surface area (Å²) in [5.41, 5.74) is 0. The van der Waals surface area contributed by atoms with E-state index < -0.39 is 0 Å². The minimum atomic E-state index is 0.312. The molecule has 0 N–H and O–H groups in total. The van der Waals surface area contributed by atoms with Crippen molar-refractivity contribution in [1.82, 2.24) is 9.80 Å². The molecule has 0 aromatic heterocycles. The van der Waals surface area contributed by atoms with Gasteiger partial charge in [0.2, 0.25) is 5.91 Å². The number of fused-ring (bicyclic) bond motifs is 2. The van der Waals surface area contributed by atoms with E-state index in [-0.39, 0.29) is 0 Å². The van der Waals surface area contributed by atoms with E-state index in [1.54, 1.807) is 0 Å². The molecule has 0 radical (unpaired) electrons. The molecule has 3 aliphatic rings. The van der Waals surface area contributed by atoms with Gasteiger partial charge in [-0.2, -0.15) is 0 Å². The molecular weight excluding hydrogens is 236 g/mol. The molecular formula is C16H28N2O. The second-order valence-corrected chi connectivity index (χ2v) is 7.19. The van der Waals surface area contributed by atoms with Gasteiger partial charge in [0.05, 0.1) is 0 Å². The third-order valence-electron chi connectivity index (χ3n) is 5.53. The van der Waals surface area contributed by atoms with Gasteiger partial charge in [-0.15, -0.1) is 0 Å². The molecule has 2 saturated heterocycles. The fraction of sp³-hybridized carbons (Fsp3) is 0.938. The number of carbonyl (C=O) groups is 1. The number of likely N-dealkylation sites (tertiary alicyclic amines) is 2. The molecule has 0 aromatic carbocycles. The van der Waals surface area contributed by atoms with Crippen LogP contribution in [0.4, 0.5) is 0 Å². The number of carbonyl (C=O) groups excluding carboxylic acids is 1. The highest BCUT2D eigenvalue weighted by Gasteiger charge is 2.37. The Morgan fingerprint density at radius 3 is 2.11 bits per heavy atom. The van der Waals surface area contributed by atoms with E-state index >= 15 is 0 Å². The van der Waals surface area contributed by atoms with Crippen LogP contribution in [-0.2, 0) is 4.79 Å². The summed E-state index contributed by atoms with van der Waals surface area (Å²) in [6, 6.07) is 0.627. The molecule has 0 aromatic rings. The Kier molecular flexibility index (Phi) is 3.84. The number of hydrogen-bond donors (Lipinski definition) is 0. The van der Waals surface area contributed by atoms with Gasteiger partial charge in [0.25, 0.3) is 0 Å². The van der Waals surface area contributed by atoms with Crippen LogP contribution in [0.1, 0.15) is 46.0 Å². The van der Waals surface area contributed by atoms with Gasteiger partial charge in [-0.05, 0) is 70.9 Å². The second kappa shape index (κ2) is 5.43. The summed E-state index contributed by atoms with van der Waals surface area (Å²) < 4.78 is 0. The van der Waals surface area contributed by atoms with Crippen LogP contribution in [-0.4, -0.2) is 47.9 Å². The maximum absolute atomic E-state index is 12.7. The molecule has 2 unspecified atom stereocenters. The third kappa shape index (κ3) is 2.81. The number of nitrogens with zero attached hydrogens (tertiary/aromatic N) is 2. The zero-order chi connectivity index (χ0) is 13.4. The van der Waals surface area contributed by atoms with Crippen LogP contribution in [0.2, 0.25) is 0 Å². The first-order chi connectivity index (χ1) is 9.13. The Labute approximate surface area is 117 Å². The zero-order valence-corrected chi connectivity index (χ0v) is 12.5. The van der Waals surface area contributed by atoms with Gasteiger partial charge in [-0.25, -0.2) is 0 Å². The lowest BCUT2D eigenvalue weighted by Crippen LogP contribution is -2.47. The lowest BCUT2D eigenvalue weighted by molar-refractivity contribution is -0.139. The van der Waals surface area contributed by atoms with Gasteiger partial charge in [0.1, 0.15) is 0 Å². The fourth-order valence-electron chi connectivity index (χ4n) is 4.31. The smallest absolute Gasteiger partial charge is 0.225 e. The van der Waals surface area contributed by atoms with Crippen molar-refractivity contribution in [2.24, 2.45) is 17.8 Å². The summed E-state index contributed by atoms with van der Waals surface area (Å²) in [5.74, 6) is 2.42. The van der Waals surface area contributed by atoms with Crippen molar-refractivity contribution in [3.8, 4) is 0 Å². The first-order valence-corrected chi connectivity index (χ1v) is 8.16. The normalized spacial score (nSPS) is 33.1. The maximum atomic E-state index is 12.7. The average Bonchev–Trinajstić information content (AvgIpc) is 2.76. The maximum Gasteiger partial charge on any atom is 0.225 e. The lowest BCUT2D eigenvalue weighted by atomic mass is 9.92. The molecule has 3 heteroatoms. The van der Waals surface area contributed by atoms with Crippen molar-refractivity contribution in [3.63, 3.8) is 0 Å². The van der Waals surface area contributed by atoms with E-state index in [1.165, 1.54) is 19.3 Å². The summed E-state index contributed by atoms with van der Waals surface area (Å²) in [5, 5.41) is 0. The van der Waals surface area contributed by atoms with Crippen LogP contribution in [0.5, 0.6) is 0 Å². The largest absolute Gasteiger partial charge is 0.342 e. The summed E-state index contributed by atoms with van der Waals surface area (Å²) >= 11 is 0. The quantitative estimate of drug-likeness (QED) is 0.764. The predicted octanol–water partition coefficient (Wildman–Crippen LogP) is 2.37. The molecule has 2 atom stereocenters. The molecule has 108 valence electrons. The number of amides is 1. The number of piperidine rings is 2. The van der Waals surface area contributed by atoms with Gasteiger partial charge in [-0.3, -0.25) is 4.79 Å². The Morgan fingerprint density at radius 2 is 1.58 bits per heavy atom. The Balaban J connectivity index is 1.54. The molecule has 3 fully saturated rings. The van der Waals surface area contributed by atoms with E-state index in [9.17, 15) is 4.79 Å². The molecule has 0 spiro atoms. The number of rotatable bonds is 2. The van der Waals surface area contributed by atoms with Crippen LogP contribution in [0.3, 0.4) is 0 Å². The molecule has 3 nitrogen and oxygen atoms in total. The van der Waals surface area contributed by atoms with Crippen LogP contribution in [0, 0.1) is 17.8 Å². The molecule has 3 rings (SSSR count). The molecule has 19 heavy (non-hydrogen) atoms. The van der Waals surface area contributed by atoms with Crippen LogP contribution in [0.15, 0.2) is 0 Å². The van der Waals surface area contributed by atoms with Crippen molar-refractivity contribution in [2.45, 2.75) is 52.0 Å². The van der Waals surface area contributed by atoms with Crippen molar-refractivity contribution < 1.29 is 4.79 Å². The van der Waals surface area contributed by atoms with Gasteiger partial charge in [-0.1, -0.05) is 0 Å². The van der Waals surface area contributed by atoms with Gasteiger partial charge >= 0.3 is 0 Å². The molecule has 2 heterocycles. The highest BCUT2D eigenvalue weighted by atomic mass is 16.2. The van der Waals surface area contributed by atoms with Gasteiger partial charge in [0.15, 0.2) is 0 Å². The van der Waals surface area contributed by atoms with Crippen molar-refractivity contribution in [3.05, 3.63) is 0 Å². The monoisotopic (exact) mass is 264 g/mol. The van der Waals surface area contributed by atoms with Crippen LogP contribution >= 0.6 is 0 Å².